The van der Waals surface area contributed by atoms with Crippen LogP contribution in [0.5, 0.6) is 5.75 Å². The number of benzene rings is 2. The van der Waals surface area contributed by atoms with Crippen molar-refractivity contribution in [2.24, 2.45) is 0 Å². The fourth-order valence-electron chi connectivity index (χ4n) is 2.60. The lowest BCUT2D eigenvalue weighted by Crippen LogP contribution is -2.36. The van der Waals surface area contributed by atoms with Crippen LogP contribution in [0.25, 0.3) is 0 Å². The van der Waals surface area contributed by atoms with E-state index in [1.165, 1.54) is 42.5 Å². The number of fused-ring (bicyclic) bond motifs is 1. The van der Waals surface area contributed by atoms with Crippen LogP contribution in [-0.4, -0.2) is 26.3 Å². The van der Waals surface area contributed by atoms with Gasteiger partial charge in [0.1, 0.15) is 11.6 Å². The Morgan fingerprint density at radius 2 is 1.93 bits per heavy atom. The molecule has 1 heterocycles. The van der Waals surface area contributed by atoms with Crippen molar-refractivity contribution in [3.8, 4) is 5.75 Å². The van der Waals surface area contributed by atoms with Crippen molar-refractivity contribution in [1.29, 1.82) is 0 Å². The molecule has 0 radical (unpaired) electrons. The first-order valence-corrected chi connectivity index (χ1v) is 9.68. The molecule has 0 fully saturated rings. The highest BCUT2D eigenvalue weighted by molar-refractivity contribution is 7.90. The summed E-state index contributed by atoms with van der Waals surface area (Å²) in [6, 6.07) is 9.12. The third-order valence-corrected chi connectivity index (χ3v) is 5.35. The van der Waals surface area contributed by atoms with Gasteiger partial charge < -0.3 is 10.1 Å². The van der Waals surface area contributed by atoms with E-state index >= 15 is 0 Å². The summed E-state index contributed by atoms with van der Waals surface area (Å²) in [5.41, 5.74) is 0.694. The lowest BCUT2D eigenvalue weighted by Gasteiger charge is -2.25. The number of rotatable bonds is 5. The van der Waals surface area contributed by atoms with E-state index in [0.29, 0.717) is 17.7 Å². The highest BCUT2D eigenvalue weighted by atomic mass is 32.2. The number of ether oxygens (including phenoxy) is 1. The first-order valence-electron chi connectivity index (χ1n) is 8.20. The third-order valence-electron chi connectivity index (χ3n) is 3.98. The molecule has 0 saturated carbocycles. The van der Waals surface area contributed by atoms with E-state index in [-0.39, 0.29) is 22.9 Å². The summed E-state index contributed by atoms with van der Waals surface area (Å²) in [7, 11) is -4.14. The number of amides is 2. The van der Waals surface area contributed by atoms with Crippen molar-refractivity contribution in [3.05, 3.63) is 53.8 Å². The number of anilines is 1. The van der Waals surface area contributed by atoms with Crippen LogP contribution < -0.4 is 14.8 Å². The van der Waals surface area contributed by atoms with Crippen molar-refractivity contribution in [3.63, 3.8) is 0 Å². The summed E-state index contributed by atoms with van der Waals surface area (Å²) in [5.74, 6) is -1.21. The van der Waals surface area contributed by atoms with Crippen LogP contribution in [0, 0.1) is 5.82 Å². The molecule has 9 heteroatoms. The molecular weight excluding hydrogens is 375 g/mol. The fraction of sp³-hybridized carbons (Fsp3) is 0.222. The molecule has 2 aromatic rings. The number of carbonyl (C=O) groups excluding carboxylic acids is 2. The van der Waals surface area contributed by atoms with Gasteiger partial charge in [0.25, 0.3) is 15.9 Å². The molecule has 2 N–H and O–H groups in total. The molecule has 0 spiro atoms. The van der Waals surface area contributed by atoms with Crippen LogP contribution in [0.3, 0.4) is 0 Å². The van der Waals surface area contributed by atoms with Crippen LogP contribution >= 0.6 is 0 Å². The van der Waals surface area contributed by atoms with Crippen LogP contribution in [-0.2, 0) is 26.0 Å². The number of halogens is 1. The Labute approximate surface area is 155 Å². The second-order valence-electron chi connectivity index (χ2n) is 5.99. The molecular formula is C18H17FN2O5S. The Bertz CT molecular complexity index is 989. The van der Waals surface area contributed by atoms with Gasteiger partial charge in [0.15, 0.2) is 6.10 Å². The summed E-state index contributed by atoms with van der Waals surface area (Å²) < 4.78 is 45.2. The molecule has 2 amide bonds. The van der Waals surface area contributed by atoms with Gasteiger partial charge in [-0.3, -0.25) is 9.59 Å². The SMILES string of the molecule is CCC1Oc2ccc(S(=O)(=O)NC(=O)Cc3ccc(F)cc3)cc2NC1=O. The van der Waals surface area contributed by atoms with Gasteiger partial charge in [0.05, 0.1) is 17.0 Å². The van der Waals surface area contributed by atoms with Gasteiger partial charge >= 0.3 is 0 Å². The molecule has 7 nitrogen and oxygen atoms in total. The van der Waals surface area contributed by atoms with E-state index in [2.05, 4.69) is 5.32 Å². The first-order chi connectivity index (χ1) is 12.8. The zero-order valence-corrected chi connectivity index (χ0v) is 15.2. The van der Waals surface area contributed by atoms with Crippen molar-refractivity contribution in [1.82, 2.24) is 4.72 Å². The smallest absolute Gasteiger partial charge is 0.265 e. The number of carbonyl (C=O) groups is 2. The van der Waals surface area contributed by atoms with E-state index in [0.717, 1.165) is 0 Å². The van der Waals surface area contributed by atoms with E-state index < -0.39 is 27.9 Å². The molecule has 0 aliphatic carbocycles. The summed E-state index contributed by atoms with van der Waals surface area (Å²) in [6.07, 6.45) is -0.372. The van der Waals surface area contributed by atoms with Gasteiger partial charge in [0, 0.05) is 0 Å². The minimum Gasteiger partial charge on any atom is -0.478 e. The van der Waals surface area contributed by atoms with E-state index in [9.17, 15) is 22.4 Å². The van der Waals surface area contributed by atoms with Gasteiger partial charge in [-0.2, -0.15) is 0 Å². The molecule has 27 heavy (non-hydrogen) atoms. The molecule has 0 aromatic heterocycles. The van der Waals surface area contributed by atoms with Crippen LogP contribution in [0.1, 0.15) is 18.9 Å². The standard InChI is InChI=1S/C18H17FN2O5S/c1-2-15-18(23)20-14-10-13(7-8-16(14)26-15)27(24,25)21-17(22)9-11-3-5-12(19)6-4-11/h3-8,10,15H,2,9H2,1H3,(H,20,23)(H,21,22). The molecule has 1 atom stereocenters. The number of hydrogen-bond acceptors (Lipinski definition) is 5. The second-order valence-corrected chi connectivity index (χ2v) is 7.68. The molecule has 1 aliphatic rings. The normalized spacial score (nSPS) is 16.1. The van der Waals surface area contributed by atoms with E-state index in [1.807, 2.05) is 4.72 Å². The summed E-state index contributed by atoms with van der Waals surface area (Å²) in [4.78, 5) is 23.7. The van der Waals surface area contributed by atoms with Crippen LogP contribution in [0.2, 0.25) is 0 Å². The predicted molar refractivity (Wildman–Crippen MR) is 95.2 cm³/mol. The van der Waals surface area contributed by atoms with Crippen molar-refractivity contribution >= 4 is 27.5 Å². The van der Waals surface area contributed by atoms with Gasteiger partial charge in [-0.05, 0) is 42.3 Å². The number of hydrogen-bond donors (Lipinski definition) is 2. The highest BCUT2D eigenvalue weighted by Gasteiger charge is 2.28. The predicted octanol–water partition coefficient (Wildman–Crippen LogP) is 1.98. The maximum absolute atomic E-state index is 12.9. The van der Waals surface area contributed by atoms with Gasteiger partial charge in [-0.25, -0.2) is 17.5 Å². The van der Waals surface area contributed by atoms with Gasteiger partial charge in [-0.15, -0.1) is 0 Å². The molecule has 142 valence electrons. The van der Waals surface area contributed by atoms with Crippen LogP contribution in [0.15, 0.2) is 47.4 Å². The summed E-state index contributed by atoms with van der Waals surface area (Å²) >= 11 is 0. The Balaban J connectivity index is 1.75. The van der Waals surface area contributed by atoms with Crippen molar-refractivity contribution < 1.29 is 27.1 Å². The largest absolute Gasteiger partial charge is 0.478 e. The zero-order valence-electron chi connectivity index (χ0n) is 14.4. The Hall–Kier alpha value is -2.94. The molecule has 3 rings (SSSR count). The zero-order chi connectivity index (χ0) is 19.6. The highest BCUT2D eigenvalue weighted by Crippen LogP contribution is 2.32. The molecule has 2 aromatic carbocycles. The second kappa shape index (κ2) is 7.36. The van der Waals surface area contributed by atoms with Gasteiger partial charge in [0.2, 0.25) is 5.91 Å². The van der Waals surface area contributed by atoms with E-state index in [1.54, 1.807) is 6.92 Å². The van der Waals surface area contributed by atoms with E-state index in [4.69, 9.17) is 4.74 Å². The lowest BCUT2D eigenvalue weighted by atomic mass is 10.1. The topological polar surface area (TPSA) is 102 Å². The average Bonchev–Trinajstić information content (AvgIpc) is 2.62. The number of sulfonamides is 1. The summed E-state index contributed by atoms with van der Waals surface area (Å²) in [5, 5.41) is 2.60. The van der Waals surface area contributed by atoms with Crippen LogP contribution in [0.4, 0.5) is 10.1 Å². The quantitative estimate of drug-likeness (QED) is 0.810. The number of nitrogens with one attached hydrogen (secondary N) is 2. The minimum absolute atomic E-state index is 0.187. The molecule has 0 bridgehead atoms. The Kier molecular flexibility index (Phi) is 5.13. The molecule has 1 aliphatic heterocycles. The van der Waals surface area contributed by atoms with Crippen molar-refractivity contribution in [2.45, 2.75) is 30.8 Å². The Morgan fingerprint density at radius 1 is 1.22 bits per heavy atom. The maximum atomic E-state index is 12.9. The first kappa shape index (κ1) is 18.8. The average molecular weight is 392 g/mol. The Morgan fingerprint density at radius 3 is 2.59 bits per heavy atom. The van der Waals surface area contributed by atoms with Crippen molar-refractivity contribution in [2.75, 3.05) is 5.32 Å². The molecule has 1 unspecified atom stereocenters. The summed E-state index contributed by atoms with van der Waals surface area (Å²) in [6.45, 7) is 1.80. The molecule has 0 saturated heterocycles. The van der Waals surface area contributed by atoms with Gasteiger partial charge in [-0.1, -0.05) is 19.1 Å². The maximum Gasteiger partial charge on any atom is 0.265 e. The lowest BCUT2D eigenvalue weighted by molar-refractivity contribution is -0.123. The third kappa shape index (κ3) is 4.25. The monoisotopic (exact) mass is 392 g/mol. The fourth-order valence-corrected chi connectivity index (χ4v) is 3.61. The minimum atomic E-state index is -4.14.